The number of allylic oxidation sites excluding steroid dienone is 4. The standard InChI is InChI=1S/C16H14Cl3NO3S/c1-16(2,3)9-4-5-14(21)13(6-9)20-24(22,23)15-11(18)7-10(17)8-12(15)19/h4-8H,1-3H3/b20-13+. The number of hydrogen-bond donors (Lipinski definition) is 0. The van der Waals surface area contributed by atoms with E-state index in [0.717, 1.165) is 5.57 Å². The van der Waals surface area contributed by atoms with Gasteiger partial charge in [0.2, 0.25) is 5.78 Å². The molecule has 0 radical (unpaired) electrons. The molecule has 0 saturated heterocycles. The molecule has 4 nitrogen and oxygen atoms in total. The largest absolute Gasteiger partial charge is 0.288 e. The minimum atomic E-state index is -4.27. The van der Waals surface area contributed by atoms with Gasteiger partial charge < -0.3 is 0 Å². The Kier molecular flexibility index (Phi) is 5.31. The summed E-state index contributed by atoms with van der Waals surface area (Å²) in [6, 6.07) is 2.50. The molecule has 0 heterocycles. The highest BCUT2D eigenvalue weighted by molar-refractivity contribution is 7.90. The summed E-state index contributed by atoms with van der Waals surface area (Å²) in [5.74, 6) is -0.507. The van der Waals surface area contributed by atoms with Gasteiger partial charge in [-0.25, -0.2) is 0 Å². The van der Waals surface area contributed by atoms with Crippen LogP contribution in [0.3, 0.4) is 0 Å². The third-order valence-corrected chi connectivity index (χ3v) is 5.70. The van der Waals surface area contributed by atoms with Gasteiger partial charge in [-0.2, -0.15) is 12.8 Å². The van der Waals surface area contributed by atoms with Gasteiger partial charge in [-0.1, -0.05) is 61.7 Å². The van der Waals surface area contributed by atoms with Gasteiger partial charge in [0.1, 0.15) is 10.6 Å². The van der Waals surface area contributed by atoms with E-state index in [0.29, 0.717) is 0 Å². The third-order valence-electron chi connectivity index (χ3n) is 3.26. The second-order valence-electron chi connectivity index (χ2n) is 6.20. The minimum absolute atomic E-state index is 0.157. The van der Waals surface area contributed by atoms with Gasteiger partial charge in [-0.05, 0) is 35.3 Å². The molecular weight excluding hydrogens is 393 g/mol. The van der Waals surface area contributed by atoms with E-state index in [1.807, 2.05) is 20.8 Å². The molecule has 0 atom stereocenters. The number of hydrogen-bond acceptors (Lipinski definition) is 3. The number of nitrogens with zero attached hydrogens (tertiary/aromatic N) is 1. The molecular formula is C16H14Cl3NO3S. The quantitative estimate of drug-likeness (QED) is 0.657. The topological polar surface area (TPSA) is 63.6 Å². The first-order chi connectivity index (χ1) is 10.9. The van der Waals surface area contributed by atoms with Gasteiger partial charge in [0, 0.05) is 5.02 Å². The van der Waals surface area contributed by atoms with E-state index in [1.54, 1.807) is 6.08 Å². The summed E-state index contributed by atoms with van der Waals surface area (Å²) < 4.78 is 28.7. The average Bonchev–Trinajstić information content (AvgIpc) is 2.37. The van der Waals surface area contributed by atoms with E-state index in [9.17, 15) is 13.2 Å². The van der Waals surface area contributed by atoms with E-state index in [-0.39, 0.29) is 31.1 Å². The van der Waals surface area contributed by atoms with Crippen LogP contribution in [0.2, 0.25) is 15.1 Å². The Morgan fingerprint density at radius 1 is 1.00 bits per heavy atom. The molecule has 1 aliphatic carbocycles. The average molecular weight is 407 g/mol. The van der Waals surface area contributed by atoms with Gasteiger partial charge in [0.05, 0.1) is 10.0 Å². The Bertz CT molecular complexity index is 884. The molecule has 0 unspecified atom stereocenters. The van der Waals surface area contributed by atoms with E-state index in [2.05, 4.69) is 4.40 Å². The fraction of sp³-hybridized carbons (Fsp3) is 0.250. The zero-order valence-electron chi connectivity index (χ0n) is 13.1. The molecule has 1 aromatic carbocycles. The van der Waals surface area contributed by atoms with E-state index in [4.69, 9.17) is 34.8 Å². The summed E-state index contributed by atoms with van der Waals surface area (Å²) in [4.78, 5) is 11.6. The van der Waals surface area contributed by atoms with Crippen LogP contribution in [0, 0.1) is 5.41 Å². The molecule has 0 bridgehead atoms. The van der Waals surface area contributed by atoms with Crippen LogP contribution in [-0.2, 0) is 14.8 Å². The summed E-state index contributed by atoms with van der Waals surface area (Å²) in [5, 5.41) is -0.116. The van der Waals surface area contributed by atoms with Crippen LogP contribution >= 0.6 is 34.8 Å². The van der Waals surface area contributed by atoms with Gasteiger partial charge in [0.15, 0.2) is 0 Å². The van der Waals surface area contributed by atoms with Crippen molar-refractivity contribution in [3.8, 4) is 0 Å². The highest BCUT2D eigenvalue weighted by atomic mass is 35.5. The van der Waals surface area contributed by atoms with Crippen molar-refractivity contribution in [2.75, 3.05) is 0 Å². The van der Waals surface area contributed by atoms with Crippen molar-refractivity contribution < 1.29 is 13.2 Å². The smallest absolute Gasteiger partial charge is 0.285 e. The fourth-order valence-corrected chi connectivity index (χ4v) is 4.51. The molecule has 0 aromatic heterocycles. The predicted molar refractivity (Wildman–Crippen MR) is 97.8 cm³/mol. The van der Waals surface area contributed by atoms with Crippen molar-refractivity contribution in [3.63, 3.8) is 0 Å². The monoisotopic (exact) mass is 405 g/mol. The number of rotatable bonds is 2. The maximum absolute atomic E-state index is 12.6. The van der Waals surface area contributed by atoms with Crippen molar-refractivity contribution in [3.05, 3.63) is 51.0 Å². The van der Waals surface area contributed by atoms with Gasteiger partial charge >= 0.3 is 0 Å². The van der Waals surface area contributed by atoms with Crippen molar-refractivity contribution in [1.82, 2.24) is 0 Å². The second-order valence-corrected chi connectivity index (χ2v) is 8.99. The van der Waals surface area contributed by atoms with Crippen LogP contribution in [0.4, 0.5) is 0 Å². The highest BCUT2D eigenvalue weighted by Gasteiger charge is 2.26. The first-order valence-electron chi connectivity index (χ1n) is 6.86. The zero-order valence-corrected chi connectivity index (χ0v) is 16.2. The molecule has 0 spiro atoms. The Balaban J connectivity index is 2.60. The molecule has 2 rings (SSSR count). The Morgan fingerprint density at radius 2 is 1.54 bits per heavy atom. The molecule has 0 amide bonds. The van der Waals surface area contributed by atoms with Crippen molar-refractivity contribution >= 4 is 56.3 Å². The summed E-state index contributed by atoms with van der Waals surface area (Å²) in [5.41, 5.74) is 0.325. The molecule has 0 fully saturated rings. The van der Waals surface area contributed by atoms with Gasteiger partial charge in [0.25, 0.3) is 10.0 Å². The van der Waals surface area contributed by atoms with Gasteiger partial charge in [-0.3, -0.25) is 4.79 Å². The lowest BCUT2D eigenvalue weighted by molar-refractivity contribution is -0.108. The van der Waals surface area contributed by atoms with Crippen molar-refractivity contribution in [1.29, 1.82) is 0 Å². The Hall–Kier alpha value is -1.14. The molecule has 128 valence electrons. The number of carbonyl (C=O) groups excluding carboxylic acids is 1. The van der Waals surface area contributed by atoms with Crippen LogP contribution in [-0.4, -0.2) is 19.9 Å². The SMILES string of the molecule is CC(C)(C)C1=C/C(=N\S(=O)(=O)c2c(Cl)cc(Cl)cc2Cl)C(=O)C=C1. The van der Waals surface area contributed by atoms with Crippen molar-refractivity contribution in [2.45, 2.75) is 25.7 Å². The highest BCUT2D eigenvalue weighted by Crippen LogP contribution is 2.34. The van der Waals surface area contributed by atoms with E-state index in [1.165, 1.54) is 24.3 Å². The Labute approximate surface area is 155 Å². The summed E-state index contributed by atoms with van der Waals surface area (Å²) >= 11 is 17.7. The van der Waals surface area contributed by atoms with Crippen LogP contribution in [0.15, 0.2) is 45.2 Å². The molecule has 1 aromatic rings. The third kappa shape index (κ3) is 4.09. The van der Waals surface area contributed by atoms with E-state index < -0.39 is 15.8 Å². The molecule has 0 saturated carbocycles. The van der Waals surface area contributed by atoms with Crippen LogP contribution in [0.1, 0.15) is 20.8 Å². The van der Waals surface area contributed by atoms with Crippen LogP contribution in [0.25, 0.3) is 0 Å². The number of ketones is 1. The molecule has 1 aliphatic rings. The van der Waals surface area contributed by atoms with E-state index >= 15 is 0 Å². The predicted octanol–water partition coefficient (Wildman–Crippen LogP) is 4.89. The fourth-order valence-electron chi connectivity index (χ4n) is 2.01. The Morgan fingerprint density at radius 3 is 2.04 bits per heavy atom. The number of carbonyl (C=O) groups is 1. The number of sulfonamides is 1. The normalized spacial score (nSPS) is 17.3. The zero-order chi connectivity index (χ0) is 18.3. The molecule has 8 heteroatoms. The lowest BCUT2D eigenvalue weighted by atomic mass is 9.83. The van der Waals surface area contributed by atoms with Crippen LogP contribution in [0.5, 0.6) is 0 Å². The second kappa shape index (κ2) is 6.64. The first-order valence-corrected chi connectivity index (χ1v) is 9.43. The molecule has 24 heavy (non-hydrogen) atoms. The summed E-state index contributed by atoms with van der Waals surface area (Å²) in [6.45, 7) is 5.83. The van der Waals surface area contributed by atoms with Crippen LogP contribution < -0.4 is 0 Å². The maximum atomic E-state index is 12.6. The first kappa shape index (κ1) is 19.2. The number of halogens is 3. The molecule has 0 N–H and O–H groups in total. The maximum Gasteiger partial charge on any atom is 0.285 e. The molecule has 0 aliphatic heterocycles. The van der Waals surface area contributed by atoms with Crippen molar-refractivity contribution in [2.24, 2.45) is 9.81 Å². The summed E-state index contributed by atoms with van der Waals surface area (Å²) in [7, 11) is -4.27. The lowest BCUT2D eigenvalue weighted by Gasteiger charge is -2.22. The lowest BCUT2D eigenvalue weighted by Crippen LogP contribution is -2.20. The summed E-state index contributed by atoms with van der Waals surface area (Å²) in [6.07, 6.45) is 4.40. The van der Waals surface area contributed by atoms with Gasteiger partial charge in [-0.15, -0.1) is 0 Å². The number of benzene rings is 1. The minimum Gasteiger partial charge on any atom is -0.288 e.